The average molecular weight is 362 g/mol. The molecule has 3 aromatic rings. The number of fused-ring (bicyclic) bond motifs is 1. The van der Waals surface area contributed by atoms with Gasteiger partial charge in [0.05, 0.1) is 11.1 Å². The van der Waals surface area contributed by atoms with Crippen molar-refractivity contribution in [3.8, 4) is 0 Å². The van der Waals surface area contributed by atoms with Crippen LogP contribution in [-0.2, 0) is 0 Å². The Kier molecular flexibility index (Phi) is 4.24. The first kappa shape index (κ1) is 14.5. The summed E-state index contributed by atoms with van der Waals surface area (Å²) in [6.07, 6.45) is 3.74. The lowest BCUT2D eigenvalue weighted by atomic mass is 9.95. The highest BCUT2D eigenvalue weighted by atomic mass is 79.9. The number of hydrogen-bond donors (Lipinski definition) is 1. The van der Waals surface area contributed by atoms with E-state index in [2.05, 4.69) is 50.5 Å². The summed E-state index contributed by atoms with van der Waals surface area (Å²) in [7, 11) is 1.96. The van der Waals surface area contributed by atoms with Gasteiger partial charge in [-0.25, -0.2) is 0 Å². The Bertz CT molecular complexity index is 783. The second-order valence-corrected chi connectivity index (χ2v) is 6.10. The Hall–Kier alpha value is -1.42. The molecule has 2 aromatic carbocycles. The molecular weight excluding hydrogens is 348 g/mol. The zero-order valence-corrected chi connectivity index (χ0v) is 13.8. The molecule has 106 valence electrons. The van der Waals surface area contributed by atoms with Gasteiger partial charge in [-0.3, -0.25) is 4.98 Å². The fourth-order valence-electron chi connectivity index (χ4n) is 2.58. The molecule has 0 amide bonds. The van der Waals surface area contributed by atoms with E-state index in [1.54, 1.807) is 0 Å². The van der Waals surface area contributed by atoms with Crippen LogP contribution < -0.4 is 5.32 Å². The number of nitrogens with one attached hydrogen (secondary N) is 1. The van der Waals surface area contributed by atoms with Crippen LogP contribution in [0.2, 0.25) is 5.02 Å². The van der Waals surface area contributed by atoms with E-state index in [9.17, 15) is 0 Å². The molecule has 0 aliphatic carbocycles. The smallest absolute Gasteiger partial charge is 0.0581 e. The molecule has 1 N–H and O–H groups in total. The lowest BCUT2D eigenvalue weighted by Crippen LogP contribution is -2.18. The monoisotopic (exact) mass is 360 g/mol. The maximum atomic E-state index is 6.09. The lowest BCUT2D eigenvalue weighted by Gasteiger charge is -2.19. The molecule has 1 aromatic heterocycles. The van der Waals surface area contributed by atoms with Crippen LogP contribution in [0.3, 0.4) is 0 Å². The average Bonchev–Trinajstić information content (AvgIpc) is 2.52. The van der Waals surface area contributed by atoms with Crippen molar-refractivity contribution in [2.24, 2.45) is 0 Å². The number of pyridine rings is 1. The van der Waals surface area contributed by atoms with Crippen LogP contribution in [0.5, 0.6) is 0 Å². The molecule has 0 aliphatic rings. The van der Waals surface area contributed by atoms with Crippen molar-refractivity contribution in [1.82, 2.24) is 10.3 Å². The van der Waals surface area contributed by atoms with Gasteiger partial charge < -0.3 is 5.32 Å². The summed E-state index contributed by atoms with van der Waals surface area (Å²) < 4.78 is 0.903. The second kappa shape index (κ2) is 6.14. The van der Waals surface area contributed by atoms with Crippen molar-refractivity contribution in [2.75, 3.05) is 7.05 Å². The normalized spacial score (nSPS) is 12.5. The summed E-state index contributed by atoms with van der Waals surface area (Å²) in [4.78, 5) is 4.26. The second-order valence-electron chi connectivity index (χ2n) is 4.84. The molecule has 0 radical (unpaired) electrons. The third-order valence-electron chi connectivity index (χ3n) is 3.59. The van der Waals surface area contributed by atoms with Crippen molar-refractivity contribution in [2.45, 2.75) is 6.04 Å². The van der Waals surface area contributed by atoms with Crippen LogP contribution >= 0.6 is 27.5 Å². The van der Waals surface area contributed by atoms with E-state index >= 15 is 0 Å². The first-order valence-electron chi connectivity index (χ1n) is 6.65. The van der Waals surface area contributed by atoms with E-state index in [-0.39, 0.29) is 6.04 Å². The van der Waals surface area contributed by atoms with Gasteiger partial charge in [-0.15, -0.1) is 0 Å². The van der Waals surface area contributed by atoms with Crippen molar-refractivity contribution >= 4 is 38.3 Å². The van der Waals surface area contributed by atoms with E-state index in [0.717, 1.165) is 15.4 Å². The van der Waals surface area contributed by atoms with Gasteiger partial charge in [0, 0.05) is 22.3 Å². The van der Waals surface area contributed by atoms with Gasteiger partial charge >= 0.3 is 0 Å². The van der Waals surface area contributed by atoms with Gasteiger partial charge in [0.1, 0.15) is 0 Å². The Morgan fingerprint density at radius 2 is 2.05 bits per heavy atom. The summed E-state index contributed by atoms with van der Waals surface area (Å²) in [6.45, 7) is 0. The molecule has 2 nitrogen and oxygen atoms in total. The molecular formula is C17H14BrClN2. The number of rotatable bonds is 3. The van der Waals surface area contributed by atoms with E-state index < -0.39 is 0 Å². The topological polar surface area (TPSA) is 24.9 Å². The quantitative estimate of drug-likeness (QED) is 0.713. The van der Waals surface area contributed by atoms with Crippen LogP contribution in [0.25, 0.3) is 10.8 Å². The van der Waals surface area contributed by atoms with Gasteiger partial charge in [-0.05, 0) is 57.7 Å². The predicted molar refractivity (Wildman–Crippen MR) is 91.8 cm³/mol. The van der Waals surface area contributed by atoms with Crippen molar-refractivity contribution in [1.29, 1.82) is 0 Å². The lowest BCUT2D eigenvalue weighted by molar-refractivity contribution is 0.696. The number of halogens is 2. The molecule has 0 aliphatic heterocycles. The molecule has 0 bridgehead atoms. The molecule has 4 heteroatoms. The SMILES string of the molecule is CNC(c1ccc(Cl)c(Br)c1)c1cccc2ccncc12. The molecule has 0 saturated carbocycles. The van der Waals surface area contributed by atoms with E-state index in [1.165, 1.54) is 10.9 Å². The Labute approximate surface area is 137 Å². The van der Waals surface area contributed by atoms with Gasteiger partial charge in [0.25, 0.3) is 0 Å². The van der Waals surface area contributed by atoms with Crippen LogP contribution in [0.1, 0.15) is 17.2 Å². The van der Waals surface area contributed by atoms with Crippen LogP contribution in [0.4, 0.5) is 0 Å². The first-order valence-corrected chi connectivity index (χ1v) is 7.82. The molecule has 1 unspecified atom stereocenters. The summed E-state index contributed by atoms with van der Waals surface area (Å²) in [6, 6.07) is 14.4. The summed E-state index contributed by atoms with van der Waals surface area (Å²) in [5, 5.41) is 6.45. The maximum Gasteiger partial charge on any atom is 0.0581 e. The van der Waals surface area contributed by atoms with Gasteiger partial charge in [-0.2, -0.15) is 0 Å². The van der Waals surface area contributed by atoms with Crippen molar-refractivity contribution < 1.29 is 0 Å². The van der Waals surface area contributed by atoms with E-state index in [0.29, 0.717) is 5.02 Å². The maximum absolute atomic E-state index is 6.09. The third kappa shape index (κ3) is 2.82. The molecule has 0 saturated heterocycles. The number of nitrogens with zero attached hydrogens (tertiary/aromatic N) is 1. The van der Waals surface area contributed by atoms with Gasteiger partial charge in [0.15, 0.2) is 0 Å². The Balaban J connectivity index is 2.16. The summed E-state index contributed by atoms with van der Waals surface area (Å²) in [5.74, 6) is 0. The van der Waals surface area contributed by atoms with Crippen LogP contribution in [0, 0.1) is 0 Å². The van der Waals surface area contributed by atoms with Crippen LogP contribution in [0.15, 0.2) is 59.3 Å². The summed E-state index contributed by atoms with van der Waals surface area (Å²) in [5.41, 5.74) is 2.36. The zero-order valence-electron chi connectivity index (χ0n) is 11.5. The van der Waals surface area contributed by atoms with Crippen molar-refractivity contribution in [3.05, 3.63) is 75.5 Å². The Morgan fingerprint density at radius 1 is 1.19 bits per heavy atom. The number of aromatic nitrogens is 1. The molecule has 21 heavy (non-hydrogen) atoms. The highest BCUT2D eigenvalue weighted by Gasteiger charge is 2.15. The minimum absolute atomic E-state index is 0.0893. The van der Waals surface area contributed by atoms with Crippen LogP contribution in [-0.4, -0.2) is 12.0 Å². The fourth-order valence-corrected chi connectivity index (χ4v) is 3.10. The minimum Gasteiger partial charge on any atom is -0.309 e. The number of hydrogen-bond acceptors (Lipinski definition) is 2. The largest absolute Gasteiger partial charge is 0.309 e. The van der Waals surface area contributed by atoms with Gasteiger partial charge in [-0.1, -0.05) is 35.9 Å². The van der Waals surface area contributed by atoms with Crippen molar-refractivity contribution in [3.63, 3.8) is 0 Å². The molecule has 1 heterocycles. The number of benzene rings is 2. The fraction of sp³-hybridized carbons (Fsp3) is 0.118. The third-order valence-corrected chi connectivity index (χ3v) is 4.81. The summed E-state index contributed by atoms with van der Waals surface area (Å²) >= 11 is 9.59. The van der Waals surface area contributed by atoms with Gasteiger partial charge in [0.2, 0.25) is 0 Å². The Morgan fingerprint density at radius 3 is 2.81 bits per heavy atom. The first-order chi connectivity index (χ1) is 10.2. The highest BCUT2D eigenvalue weighted by molar-refractivity contribution is 9.10. The standard InChI is InChI=1S/C17H14BrClN2/c1-20-17(12-5-6-16(19)15(18)9-12)13-4-2-3-11-7-8-21-10-14(11)13/h2-10,17,20H,1H3. The minimum atomic E-state index is 0.0893. The highest BCUT2D eigenvalue weighted by Crippen LogP contribution is 2.32. The molecule has 0 fully saturated rings. The predicted octanol–water partition coefficient (Wildman–Crippen LogP) is 4.96. The zero-order chi connectivity index (χ0) is 14.8. The molecule has 0 spiro atoms. The molecule has 1 atom stereocenters. The van der Waals surface area contributed by atoms with E-state index in [1.807, 2.05) is 37.6 Å². The molecule has 3 rings (SSSR count). The van der Waals surface area contributed by atoms with E-state index in [4.69, 9.17) is 11.6 Å².